The molecule has 2 unspecified atom stereocenters. The number of aromatic nitrogens is 2. The lowest BCUT2D eigenvalue weighted by atomic mass is 10.0. The summed E-state index contributed by atoms with van der Waals surface area (Å²) in [6, 6.07) is 7.69. The van der Waals surface area contributed by atoms with Gasteiger partial charge in [0.15, 0.2) is 0 Å². The molecule has 0 aliphatic carbocycles. The number of hydrogen-bond donors (Lipinski definition) is 3. The Morgan fingerprint density at radius 1 is 1.36 bits per heavy atom. The van der Waals surface area contributed by atoms with Crippen LogP contribution < -0.4 is 20.9 Å². The highest BCUT2D eigenvalue weighted by molar-refractivity contribution is 5.94. The molecule has 2 aromatic rings. The van der Waals surface area contributed by atoms with Crippen molar-refractivity contribution in [3.63, 3.8) is 0 Å². The Hall–Kier alpha value is -2.38. The Bertz CT molecular complexity index is 773. The van der Waals surface area contributed by atoms with E-state index in [1.54, 1.807) is 13.3 Å². The minimum Gasteiger partial charge on any atom is -0.497 e. The molecule has 1 saturated heterocycles. The number of aryl methyl sites for hydroxylation is 1. The molecule has 7 nitrogen and oxygen atoms in total. The second-order valence-corrected chi connectivity index (χ2v) is 6.56. The monoisotopic (exact) mass is 341 g/mol. The molecule has 2 aliphatic rings. The zero-order valence-corrected chi connectivity index (χ0v) is 14.3. The summed E-state index contributed by atoms with van der Waals surface area (Å²) < 4.78 is 7.39. The number of carbonyl (C=O) groups is 1. The summed E-state index contributed by atoms with van der Waals surface area (Å²) >= 11 is 0. The SMILES string of the molecule is COc1cccc(C2CC(C(=O)Nc3cnc4n3CCCC4)NN2)c1. The van der Waals surface area contributed by atoms with Crippen LogP contribution in [0.25, 0.3) is 0 Å². The number of ether oxygens (including phenoxy) is 1. The molecule has 1 fully saturated rings. The van der Waals surface area contributed by atoms with Crippen LogP contribution in [0.2, 0.25) is 0 Å². The minimum absolute atomic E-state index is 0.0360. The van der Waals surface area contributed by atoms with E-state index in [1.165, 1.54) is 6.42 Å². The van der Waals surface area contributed by atoms with Gasteiger partial charge in [-0.05, 0) is 37.0 Å². The number of fused-ring (bicyclic) bond motifs is 1. The van der Waals surface area contributed by atoms with Crippen molar-refractivity contribution in [2.24, 2.45) is 0 Å². The van der Waals surface area contributed by atoms with Crippen molar-refractivity contribution in [1.29, 1.82) is 0 Å². The summed E-state index contributed by atoms with van der Waals surface area (Å²) in [7, 11) is 1.65. The Labute approximate surface area is 146 Å². The number of nitrogens with one attached hydrogen (secondary N) is 3. The van der Waals surface area contributed by atoms with Crippen LogP contribution in [0.15, 0.2) is 30.5 Å². The van der Waals surface area contributed by atoms with Gasteiger partial charge < -0.3 is 14.6 Å². The van der Waals surface area contributed by atoms with Crippen molar-refractivity contribution in [3.8, 4) is 5.75 Å². The fraction of sp³-hybridized carbons (Fsp3) is 0.444. The fourth-order valence-corrected chi connectivity index (χ4v) is 3.53. The van der Waals surface area contributed by atoms with Crippen LogP contribution >= 0.6 is 0 Å². The van der Waals surface area contributed by atoms with E-state index in [9.17, 15) is 4.79 Å². The van der Waals surface area contributed by atoms with Gasteiger partial charge in [-0.1, -0.05) is 12.1 Å². The largest absolute Gasteiger partial charge is 0.497 e. The number of hydrogen-bond acceptors (Lipinski definition) is 5. The van der Waals surface area contributed by atoms with Gasteiger partial charge in [0.1, 0.15) is 23.4 Å². The van der Waals surface area contributed by atoms with Gasteiger partial charge in [-0.15, -0.1) is 0 Å². The Morgan fingerprint density at radius 2 is 2.28 bits per heavy atom. The summed E-state index contributed by atoms with van der Waals surface area (Å²) in [4.78, 5) is 17.0. The van der Waals surface area contributed by atoms with E-state index in [-0.39, 0.29) is 18.0 Å². The van der Waals surface area contributed by atoms with Crippen LogP contribution in [0.4, 0.5) is 5.82 Å². The van der Waals surface area contributed by atoms with Crippen LogP contribution in [-0.4, -0.2) is 28.6 Å². The van der Waals surface area contributed by atoms with Crippen molar-refractivity contribution in [3.05, 3.63) is 41.9 Å². The zero-order chi connectivity index (χ0) is 17.2. The van der Waals surface area contributed by atoms with Gasteiger partial charge in [0.2, 0.25) is 5.91 Å². The quantitative estimate of drug-likeness (QED) is 0.790. The molecule has 25 heavy (non-hydrogen) atoms. The number of benzene rings is 1. The number of rotatable bonds is 4. The van der Waals surface area contributed by atoms with E-state index >= 15 is 0 Å². The third-order valence-corrected chi connectivity index (χ3v) is 4.94. The van der Waals surface area contributed by atoms with Crippen LogP contribution in [0, 0.1) is 0 Å². The molecule has 0 spiro atoms. The topological polar surface area (TPSA) is 80.2 Å². The highest BCUT2D eigenvalue weighted by Crippen LogP contribution is 2.26. The number of carbonyl (C=O) groups excluding carboxylic acids is 1. The second kappa shape index (κ2) is 6.85. The third-order valence-electron chi connectivity index (χ3n) is 4.94. The van der Waals surface area contributed by atoms with Crippen LogP contribution in [-0.2, 0) is 17.8 Å². The van der Waals surface area contributed by atoms with Gasteiger partial charge in [0.25, 0.3) is 0 Å². The van der Waals surface area contributed by atoms with Gasteiger partial charge in [-0.2, -0.15) is 0 Å². The van der Waals surface area contributed by atoms with Crippen molar-refractivity contribution < 1.29 is 9.53 Å². The van der Waals surface area contributed by atoms with Gasteiger partial charge in [-0.3, -0.25) is 4.79 Å². The lowest BCUT2D eigenvalue weighted by Crippen LogP contribution is -2.40. The molecule has 0 bridgehead atoms. The molecule has 1 amide bonds. The van der Waals surface area contributed by atoms with Crippen LogP contribution in [0.5, 0.6) is 5.75 Å². The van der Waals surface area contributed by atoms with E-state index in [4.69, 9.17) is 4.74 Å². The number of nitrogens with zero attached hydrogens (tertiary/aromatic N) is 2. The first kappa shape index (κ1) is 16.1. The average Bonchev–Trinajstić information content (AvgIpc) is 3.30. The molecule has 1 aromatic heterocycles. The lowest BCUT2D eigenvalue weighted by Gasteiger charge is -2.17. The maximum Gasteiger partial charge on any atom is 0.244 e. The number of anilines is 1. The molecule has 0 radical (unpaired) electrons. The molecule has 4 rings (SSSR count). The van der Waals surface area contributed by atoms with Crippen LogP contribution in [0.3, 0.4) is 0 Å². The van der Waals surface area contributed by atoms with Crippen molar-refractivity contribution in [2.75, 3.05) is 12.4 Å². The summed E-state index contributed by atoms with van der Waals surface area (Å²) in [6.45, 7) is 0.924. The summed E-state index contributed by atoms with van der Waals surface area (Å²) in [5, 5.41) is 3.02. The summed E-state index contributed by atoms with van der Waals surface area (Å²) in [6.07, 6.45) is 5.73. The summed E-state index contributed by atoms with van der Waals surface area (Å²) in [5.74, 6) is 2.64. The predicted molar refractivity (Wildman–Crippen MR) is 94.2 cm³/mol. The van der Waals surface area contributed by atoms with Gasteiger partial charge >= 0.3 is 0 Å². The normalized spacial score (nSPS) is 22.4. The van der Waals surface area contributed by atoms with Gasteiger partial charge in [0.05, 0.1) is 13.3 Å². The van der Waals surface area contributed by atoms with Crippen molar-refractivity contribution in [2.45, 2.75) is 44.3 Å². The van der Waals surface area contributed by atoms with Crippen molar-refractivity contribution >= 4 is 11.7 Å². The van der Waals surface area contributed by atoms with E-state index in [0.29, 0.717) is 6.42 Å². The molecule has 3 N–H and O–H groups in total. The molecular formula is C18H23N5O2. The Kier molecular flexibility index (Phi) is 4.42. The molecule has 1 aromatic carbocycles. The molecule has 2 aliphatic heterocycles. The summed E-state index contributed by atoms with van der Waals surface area (Å²) in [5.41, 5.74) is 7.41. The van der Waals surface area contributed by atoms with Crippen LogP contribution in [0.1, 0.15) is 36.7 Å². The Morgan fingerprint density at radius 3 is 3.16 bits per heavy atom. The van der Waals surface area contributed by atoms with E-state index in [2.05, 4.69) is 25.7 Å². The first-order valence-electron chi connectivity index (χ1n) is 8.75. The molecule has 132 valence electrons. The van der Waals surface area contributed by atoms with E-state index in [0.717, 1.165) is 42.3 Å². The third kappa shape index (κ3) is 3.25. The maximum absolute atomic E-state index is 12.6. The maximum atomic E-state index is 12.6. The van der Waals surface area contributed by atoms with Gasteiger partial charge in [0, 0.05) is 19.0 Å². The minimum atomic E-state index is -0.286. The fourth-order valence-electron chi connectivity index (χ4n) is 3.53. The highest BCUT2D eigenvalue weighted by Gasteiger charge is 2.31. The van der Waals surface area contributed by atoms with E-state index in [1.807, 2.05) is 24.3 Å². The number of amides is 1. The molecular weight excluding hydrogens is 318 g/mol. The molecule has 2 atom stereocenters. The average molecular weight is 341 g/mol. The second-order valence-electron chi connectivity index (χ2n) is 6.56. The number of methoxy groups -OCH3 is 1. The van der Waals surface area contributed by atoms with E-state index < -0.39 is 0 Å². The zero-order valence-electron chi connectivity index (χ0n) is 14.3. The molecule has 7 heteroatoms. The highest BCUT2D eigenvalue weighted by atomic mass is 16.5. The number of hydrazine groups is 1. The van der Waals surface area contributed by atoms with Gasteiger partial charge in [-0.25, -0.2) is 15.8 Å². The Balaban J connectivity index is 1.41. The predicted octanol–water partition coefficient (Wildman–Crippen LogP) is 1.77. The molecule has 0 saturated carbocycles. The first-order valence-corrected chi connectivity index (χ1v) is 8.75. The lowest BCUT2D eigenvalue weighted by molar-refractivity contribution is -0.117. The van der Waals surface area contributed by atoms with Crippen molar-refractivity contribution in [1.82, 2.24) is 20.4 Å². The molecule has 3 heterocycles. The smallest absolute Gasteiger partial charge is 0.244 e. The standard InChI is InChI=1S/C18H23N5O2/c1-25-13-6-4-5-12(9-13)14-10-15(22-21-14)18(24)20-17-11-19-16-7-2-3-8-23(16)17/h4-6,9,11,14-15,21-22H,2-3,7-8,10H2,1H3,(H,20,24). The first-order chi connectivity index (χ1) is 12.2. The number of imidazole rings is 1.